The van der Waals surface area contributed by atoms with Gasteiger partial charge in [0.2, 0.25) is 5.91 Å². The Hall–Kier alpha value is -1.55. The molecule has 1 aliphatic rings. The monoisotopic (exact) mass is 262 g/mol. The Labute approximate surface area is 114 Å². The summed E-state index contributed by atoms with van der Waals surface area (Å²) in [6, 6.07) is 5.02. The molecule has 0 bridgehead atoms. The fourth-order valence-electron chi connectivity index (χ4n) is 2.69. The minimum Gasteiger partial charge on any atom is -0.508 e. The number of phenols is 1. The van der Waals surface area contributed by atoms with Gasteiger partial charge >= 0.3 is 0 Å². The van der Waals surface area contributed by atoms with Crippen molar-refractivity contribution >= 4 is 11.6 Å². The van der Waals surface area contributed by atoms with Gasteiger partial charge in [-0.3, -0.25) is 4.79 Å². The number of amides is 1. The van der Waals surface area contributed by atoms with E-state index < -0.39 is 0 Å². The third-order valence-electron chi connectivity index (χ3n) is 4.18. The summed E-state index contributed by atoms with van der Waals surface area (Å²) < 4.78 is 0. The maximum absolute atomic E-state index is 12.6. The SMILES string of the molecule is CCC1(C(=O)Nc2ccc(O)cc2C)CCNCC1. The molecular weight excluding hydrogens is 240 g/mol. The average molecular weight is 262 g/mol. The van der Waals surface area contributed by atoms with E-state index in [1.165, 1.54) is 0 Å². The maximum atomic E-state index is 12.6. The molecule has 4 heteroatoms. The summed E-state index contributed by atoms with van der Waals surface area (Å²) in [5.41, 5.74) is 1.41. The third-order valence-corrected chi connectivity index (χ3v) is 4.18. The largest absolute Gasteiger partial charge is 0.508 e. The van der Waals surface area contributed by atoms with Crippen LogP contribution in [0.5, 0.6) is 5.75 Å². The summed E-state index contributed by atoms with van der Waals surface area (Å²) >= 11 is 0. The van der Waals surface area contributed by atoms with E-state index in [2.05, 4.69) is 17.6 Å². The van der Waals surface area contributed by atoms with Gasteiger partial charge in [0, 0.05) is 5.69 Å². The molecule has 1 amide bonds. The number of aromatic hydroxyl groups is 1. The summed E-state index contributed by atoms with van der Waals surface area (Å²) in [6.07, 6.45) is 2.62. The number of benzene rings is 1. The van der Waals surface area contributed by atoms with Crippen molar-refractivity contribution in [2.45, 2.75) is 33.1 Å². The second-order valence-electron chi connectivity index (χ2n) is 5.34. The van der Waals surface area contributed by atoms with E-state index in [-0.39, 0.29) is 17.1 Å². The molecule has 0 radical (unpaired) electrons. The van der Waals surface area contributed by atoms with Crippen LogP contribution in [-0.2, 0) is 4.79 Å². The topological polar surface area (TPSA) is 61.4 Å². The Morgan fingerprint density at radius 1 is 1.42 bits per heavy atom. The zero-order valence-corrected chi connectivity index (χ0v) is 11.6. The van der Waals surface area contributed by atoms with Gasteiger partial charge in [0.15, 0.2) is 0 Å². The lowest BCUT2D eigenvalue weighted by atomic mass is 9.76. The van der Waals surface area contributed by atoms with Crippen molar-refractivity contribution in [2.24, 2.45) is 5.41 Å². The molecule has 0 spiro atoms. The molecule has 3 N–H and O–H groups in total. The lowest BCUT2D eigenvalue weighted by molar-refractivity contribution is -0.127. The molecule has 19 heavy (non-hydrogen) atoms. The molecule has 0 saturated carbocycles. The molecule has 0 atom stereocenters. The van der Waals surface area contributed by atoms with Crippen LogP contribution in [0.3, 0.4) is 0 Å². The molecule has 0 aromatic heterocycles. The Morgan fingerprint density at radius 2 is 2.11 bits per heavy atom. The Balaban J connectivity index is 2.15. The first-order chi connectivity index (χ1) is 9.07. The van der Waals surface area contributed by atoms with E-state index in [9.17, 15) is 9.90 Å². The number of carbonyl (C=O) groups excluding carboxylic acids is 1. The number of rotatable bonds is 3. The van der Waals surface area contributed by atoms with E-state index in [0.29, 0.717) is 0 Å². The van der Waals surface area contributed by atoms with Gasteiger partial charge < -0.3 is 15.7 Å². The van der Waals surface area contributed by atoms with E-state index in [1.807, 2.05) is 6.92 Å². The van der Waals surface area contributed by atoms with Crippen molar-refractivity contribution < 1.29 is 9.90 Å². The van der Waals surface area contributed by atoms with E-state index in [0.717, 1.165) is 43.6 Å². The minimum absolute atomic E-state index is 0.102. The number of carbonyl (C=O) groups is 1. The number of aryl methyl sites for hydroxylation is 1. The fourth-order valence-corrected chi connectivity index (χ4v) is 2.69. The molecule has 1 aliphatic heterocycles. The molecular formula is C15H22N2O2. The molecule has 1 aromatic rings. The Kier molecular flexibility index (Phi) is 4.10. The number of anilines is 1. The van der Waals surface area contributed by atoms with E-state index in [4.69, 9.17) is 0 Å². The molecule has 1 heterocycles. The highest BCUT2D eigenvalue weighted by Gasteiger charge is 2.37. The summed E-state index contributed by atoms with van der Waals surface area (Å²) in [5, 5.41) is 15.7. The minimum atomic E-state index is -0.254. The van der Waals surface area contributed by atoms with Crippen molar-refractivity contribution in [3.63, 3.8) is 0 Å². The first-order valence-electron chi connectivity index (χ1n) is 6.89. The number of piperidine rings is 1. The fraction of sp³-hybridized carbons (Fsp3) is 0.533. The number of hydrogen-bond acceptors (Lipinski definition) is 3. The van der Waals surface area contributed by atoms with Crippen molar-refractivity contribution in [2.75, 3.05) is 18.4 Å². The van der Waals surface area contributed by atoms with Crippen molar-refractivity contribution in [3.8, 4) is 5.75 Å². The zero-order chi connectivity index (χ0) is 13.9. The van der Waals surface area contributed by atoms with Crippen LogP contribution in [0.15, 0.2) is 18.2 Å². The molecule has 4 nitrogen and oxygen atoms in total. The van der Waals surface area contributed by atoms with Crippen LogP contribution in [0.1, 0.15) is 31.7 Å². The molecule has 0 aliphatic carbocycles. The van der Waals surface area contributed by atoms with Gasteiger partial charge in [0.25, 0.3) is 0 Å². The highest BCUT2D eigenvalue weighted by atomic mass is 16.3. The van der Waals surface area contributed by atoms with Crippen molar-refractivity contribution in [3.05, 3.63) is 23.8 Å². The van der Waals surface area contributed by atoms with Crippen LogP contribution in [0, 0.1) is 12.3 Å². The molecule has 2 rings (SSSR count). The Bertz CT molecular complexity index is 465. The molecule has 104 valence electrons. The van der Waals surface area contributed by atoms with E-state index >= 15 is 0 Å². The summed E-state index contributed by atoms with van der Waals surface area (Å²) in [4.78, 5) is 12.6. The van der Waals surface area contributed by atoms with Gasteiger partial charge in [-0.2, -0.15) is 0 Å². The highest BCUT2D eigenvalue weighted by Crippen LogP contribution is 2.34. The smallest absolute Gasteiger partial charge is 0.230 e. The summed E-state index contributed by atoms with van der Waals surface area (Å²) in [7, 11) is 0. The van der Waals surface area contributed by atoms with Crippen LogP contribution in [0.4, 0.5) is 5.69 Å². The van der Waals surface area contributed by atoms with Gasteiger partial charge in [-0.1, -0.05) is 6.92 Å². The summed E-state index contributed by atoms with van der Waals surface area (Å²) in [6.45, 7) is 5.76. The van der Waals surface area contributed by atoms with Gasteiger partial charge in [0.1, 0.15) is 5.75 Å². The third kappa shape index (κ3) is 2.89. The Morgan fingerprint density at radius 3 is 2.68 bits per heavy atom. The van der Waals surface area contributed by atoms with Gasteiger partial charge in [-0.05, 0) is 63.0 Å². The number of hydrogen-bond donors (Lipinski definition) is 3. The van der Waals surface area contributed by atoms with Crippen molar-refractivity contribution in [1.29, 1.82) is 0 Å². The lowest BCUT2D eigenvalue weighted by Gasteiger charge is -2.35. The van der Waals surface area contributed by atoms with Gasteiger partial charge in [0.05, 0.1) is 5.41 Å². The number of phenolic OH excluding ortho intramolecular Hbond substituents is 1. The van der Waals surface area contributed by atoms with Crippen molar-refractivity contribution in [1.82, 2.24) is 5.32 Å². The van der Waals surface area contributed by atoms with Crippen LogP contribution in [0.2, 0.25) is 0 Å². The van der Waals surface area contributed by atoms with Gasteiger partial charge in [-0.15, -0.1) is 0 Å². The van der Waals surface area contributed by atoms with Crippen LogP contribution in [-0.4, -0.2) is 24.1 Å². The average Bonchev–Trinajstić information content (AvgIpc) is 2.42. The standard InChI is InChI=1S/C15H22N2O2/c1-3-15(6-8-16-9-7-15)14(19)17-13-5-4-12(18)10-11(13)2/h4-5,10,16,18H,3,6-9H2,1-2H3,(H,17,19). The molecule has 1 fully saturated rings. The zero-order valence-electron chi connectivity index (χ0n) is 11.6. The quantitative estimate of drug-likeness (QED) is 0.733. The predicted octanol–water partition coefficient (Wildman–Crippen LogP) is 2.42. The van der Waals surface area contributed by atoms with E-state index in [1.54, 1.807) is 18.2 Å². The highest BCUT2D eigenvalue weighted by molar-refractivity contribution is 5.96. The predicted molar refractivity (Wildman–Crippen MR) is 76.3 cm³/mol. The molecule has 1 saturated heterocycles. The van der Waals surface area contributed by atoms with Crippen LogP contribution >= 0.6 is 0 Å². The second kappa shape index (κ2) is 5.61. The first-order valence-corrected chi connectivity index (χ1v) is 6.89. The second-order valence-corrected chi connectivity index (χ2v) is 5.34. The lowest BCUT2D eigenvalue weighted by Crippen LogP contribution is -2.44. The first kappa shape index (κ1) is 13.9. The number of nitrogens with one attached hydrogen (secondary N) is 2. The van der Waals surface area contributed by atoms with Gasteiger partial charge in [-0.25, -0.2) is 0 Å². The maximum Gasteiger partial charge on any atom is 0.230 e. The normalized spacial score (nSPS) is 18.0. The van der Waals surface area contributed by atoms with Crippen LogP contribution in [0.25, 0.3) is 0 Å². The molecule has 1 aromatic carbocycles. The summed E-state index contributed by atoms with van der Waals surface area (Å²) in [5.74, 6) is 0.327. The molecule has 0 unspecified atom stereocenters. The van der Waals surface area contributed by atoms with Crippen LogP contribution < -0.4 is 10.6 Å².